The molecule has 0 aliphatic carbocycles. The molecule has 0 heterocycles. The molecule has 0 amide bonds. The molecule has 2 rings (SSSR count). The van der Waals surface area contributed by atoms with Gasteiger partial charge in [0.25, 0.3) is 0 Å². The van der Waals surface area contributed by atoms with Crippen molar-refractivity contribution in [3.05, 3.63) is 64.1 Å². The van der Waals surface area contributed by atoms with Gasteiger partial charge in [-0.05, 0) is 24.3 Å². The highest BCUT2D eigenvalue weighted by Gasteiger charge is 2.12. The number of hydrogen-bond acceptors (Lipinski definition) is 3. The topological polar surface area (TPSA) is 44.1 Å². The fraction of sp³-hybridized carbons (Fsp3) is 0.125. The van der Waals surface area contributed by atoms with E-state index in [0.717, 1.165) is 10.2 Å². The lowest BCUT2D eigenvalue weighted by molar-refractivity contribution is 0.0999. The predicted octanol–water partition coefficient (Wildman–Crippen LogP) is 3.64. The predicted molar refractivity (Wildman–Crippen MR) is 82.9 cm³/mol. The molecule has 0 saturated carbocycles. The number of nitriles is 1. The van der Waals surface area contributed by atoms with Gasteiger partial charge in [-0.25, -0.2) is 0 Å². The van der Waals surface area contributed by atoms with Gasteiger partial charge in [0.05, 0.1) is 18.2 Å². The highest BCUT2D eigenvalue weighted by Crippen LogP contribution is 2.19. The molecule has 0 spiro atoms. The number of rotatable bonds is 4. The molecule has 3 nitrogen and oxygen atoms in total. The number of nitrogens with zero attached hydrogens (tertiary/aromatic N) is 2. The lowest BCUT2D eigenvalue weighted by Crippen LogP contribution is -2.25. The zero-order valence-electron chi connectivity index (χ0n) is 11.0. The van der Waals surface area contributed by atoms with Crippen molar-refractivity contribution in [2.75, 3.05) is 18.5 Å². The molecule has 0 atom stereocenters. The SMILES string of the molecule is CN(CC(=O)c1ccccc1Br)c1cccc(C#N)c1. The molecular weight excluding hydrogens is 316 g/mol. The van der Waals surface area contributed by atoms with E-state index in [1.165, 1.54) is 0 Å². The van der Waals surface area contributed by atoms with E-state index in [-0.39, 0.29) is 12.3 Å². The van der Waals surface area contributed by atoms with E-state index in [4.69, 9.17) is 5.26 Å². The second kappa shape index (κ2) is 6.36. The van der Waals surface area contributed by atoms with Crippen LogP contribution in [0.4, 0.5) is 5.69 Å². The summed E-state index contributed by atoms with van der Waals surface area (Å²) in [5.74, 6) is 0.0299. The summed E-state index contributed by atoms with van der Waals surface area (Å²) in [5, 5.41) is 8.90. The standard InChI is InChI=1S/C16H13BrN2O/c1-19(13-6-4-5-12(9-13)10-18)11-16(20)14-7-2-3-8-15(14)17/h2-9H,11H2,1H3. The number of Topliss-reactive ketones (excluding diaryl/α,β-unsaturated/α-hetero) is 1. The van der Waals surface area contributed by atoms with Gasteiger partial charge < -0.3 is 4.90 Å². The number of benzene rings is 2. The van der Waals surface area contributed by atoms with Gasteiger partial charge in [0, 0.05) is 22.8 Å². The summed E-state index contributed by atoms with van der Waals surface area (Å²) >= 11 is 3.38. The Morgan fingerprint density at radius 1 is 1.25 bits per heavy atom. The summed E-state index contributed by atoms with van der Waals surface area (Å²) in [7, 11) is 1.84. The molecule has 2 aromatic rings. The van der Waals surface area contributed by atoms with Crippen molar-refractivity contribution in [3.8, 4) is 6.07 Å². The fourth-order valence-electron chi connectivity index (χ4n) is 1.89. The highest BCUT2D eigenvalue weighted by atomic mass is 79.9. The Hall–Kier alpha value is -2.12. The van der Waals surface area contributed by atoms with Crippen LogP contribution >= 0.6 is 15.9 Å². The van der Waals surface area contributed by atoms with E-state index in [2.05, 4.69) is 22.0 Å². The lowest BCUT2D eigenvalue weighted by Gasteiger charge is -2.18. The summed E-state index contributed by atoms with van der Waals surface area (Å²) in [5.41, 5.74) is 2.10. The summed E-state index contributed by atoms with van der Waals surface area (Å²) < 4.78 is 0.796. The summed E-state index contributed by atoms with van der Waals surface area (Å²) in [6, 6.07) is 16.7. The Morgan fingerprint density at radius 3 is 2.70 bits per heavy atom. The third-order valence-corrected chi connectivity index (χ3v) is 3.66. The second-order valence-corrected chi connectivity index (χ2v) is 5.28. The van der Waals surface area contributed by atoms with E-state index in [1.54, 1.807) is 18.2 Å². The van der Waals surface area contributed by atoms with E-state index in [1.807, 2.05) is 42.3 Å². The molecule has 2 aromatic carbocycles. The minimum atomic E-state index is 0.0299. The Kier molecular flexibility index (Phi) is 4.54. The molecule has 0 aliphatic heterocycles. The first-order valence-corrected chi connectivity index (χ1v) is 6.90. The molecular formula is C16H13BrN2O. The van der Waals surface area contributed by atoms with E-state index < -0.39 is 0 Å². The van der Waals surface area contributed by atoms with Gasteiger partial charge in [-0.15, -0.1) is 0 Å². The molecule has 0 saturated heterocycles. The maximum absolute atomic E-state index is 12.3. The van der Waals surface area contributed by atoms with Crippen LogP contribution in [-0.2, 0) is 0 Å². The van der Waals surface area contributed by atoms with E-state index in [9.17, 15) is 4.79 Å². The zero-order chi connectivity index (χ0) is 14.5. The first kappa shape index (κ1) is 14.3. The van der Waals surface area contributed by atoms with Gasteiger partial charge in [-0.2, -0.15) is 5.26 Å². The van der Waals surface area contributed by atoms with Crippen molar-refractivity contribution in [2.45, 2.75) is 0 Å². The first-order valence-electron chi connectivity index (χ1n) is 6.11. The molecule has 100 valence electrons. The van der Waals surface area contributed by atoms with Crippen molar-refractivity contribution in [3.63, 3.8) is 0 Å². The molecule has 0 fully saturated rings. The summed E-state index contributed by atoms with van der Waals surface area (Å²) in [6.45, 7) is 0.261. The largest absolute Gasteiger partial charge is 0.367 e. The van der Waals surface area contributed by atoms with E-state index in [0.29, 0.717) is 11.1 Å². The monoisotopic (exact) mass is 328 g/mol. The second-order valence-electron chi connectivity index (χ2n) is 4.42. The van der Waals surface area contributed by atoms with Crippen LogP contribution < -0.4 is 4.90 Å². The van der Waals surface area contributed by atoms with E-state index >= 15 is 0 Å². The summed E-state index contributed by atoms with van der Waals surface area (Å²) in [6.07, 6.45) is 0. The van der Waals surface area contributed by atoms with Gasteiger partial charge in [0.15, 0.2) is 5.78 Å². The number of ketones is 1. The number of hydrogen-bond donors (Lipinski definition) is 0. The molecule has 20 heavy (non-hydrogen) atoms. The minimum absolute atomic E-state index is 0.0299. The Morgan fingerprint density at radius 2 is 2.00 bits per heavy atom. The van der Waals surface area contributed by atoms with Crippen molar-refractivity contribution < 1.29 is 4.79 Å². The average molecular weight is 329 g/mol. The van der Waals surface area contributed by atoms with Gasteiger partial charge in [0.2, 0.25) is 0 Å². The Balaban J connectivity index is 2.15. The van der Waals surface area contributed by atoms with Gasteiger partial charge in [0.1, 0.15) is 0 Å². The summed E-state index contributed by atoms with van der Waals surface area (Å²) in [4.78, 5) is 14.1. The molecule has 0 radical (unpaired) electrons. The van der Waals surface area contributed by atoms with Crippen molar-refractivity contribution in [1.82, 2.24) is 0 Å². The molecule has 0 bridgehead atoms. The van der Waals surface area contributed by atoms with Gasteiger partial charge >= 0.3 is 0 Å². The quantitative estimate of drug-likeness (QED) is 0.805. The number of likely N-dealkylation sites (N-methyl/N-ethyl adjacent to an activating group) is 1. The number of carbonyl (C=O) groups excluding carboxylic acids is 1. The van der Waals surface area contributed by atoms with Crippen LogP contribution in [0.15, 0.2) is 53.0 Å². The fourth-order valence-corrected chi connectivity index (χ4v) is 2.40. The van der Waals surface area contributed by atoms with Crippen LogP contribution in [0.3, 0.4) is 0 Å². The normalized spacial score (nSPS) is 9.85. The zero-order valence-corrected chi connectivity index (χ0v) is 12.6. The lowest BCUT2D eigenvalue weighted by atomic mass is 10.1. The highest BCUT2D eigenvalue weighted by molar-refractivity contribution is 9.10. The Labute approximate surface area is 126 Å². The van der Waals surface area contributed by atoms with Crippen LogP contribution in [0, 0.1) is 11.3 Å². The van der Waals surface area contributed by atoms with Crippen molar-refractivity contribution in [2.24, 2.45) is 0 Å². The molecule has 4 heteroatoms. The maximum Gasteiger partial charge on any atom is 0.183 e. The number of anilines is 1. The molecule has 0 aromatic heterocycles. The minimum Gasteiger partial charge on any atom is -0.367 e. The average Bonchev–Trinajstić information content (AvgIpc) is 2.47. The van der Waals surface area contributed by atoms with Crippen LogP contribution in [0.1, 0.15) is 15.9 Å². The number of carbonyl (C=O) groups is 1. The Bertz CT molecular complexity index is 676. The van der Waals surface area contributed by atoms with Gasteiger partial charge in [-0.3, -0.25) is 4.79 Å². The molecule has 0 N–H and O–H groups in total. The van der Waals surface area contributed by atoms with Crippen LogP contribution in [0.5, 0.6) is 0 Å². The number of halogens is 1. The third-order valence-electron chi connectivity index (χ3n) is 2.97. The molecule has 0 unspecified atom stereocenters. The first-order chi connectivity index (χ1) is 9.61. The third kappa shape index (κ3) is 3.25. The maximum atomic E-state index is 12.3. The molecule has 0 aliphatic rings. The smallest absolute Gasteiger partial charge is 0.183 e. The van der Waals surface area contributed by atoms with Crippen LogP contribution in [-0.4, -0.2) is 19.4 Å². The van der Waals surface area contributed by atoms with Crippen LogP contribution in [0.2, 0.25) is 0 Å². The van der Waals surface area contributed by atoms with Crippen LogP contribution in [0.25, 0.3) is 0 Å². The van der Waals surface area contributed by atoms with Crippen molar-refractivity contribution >= 4 is 27.4 Å². The van der Waals surface area contributed by atoms with Gasteiger partial charge in [-0.1, -0.05) is 40.2 Å². The van der Waals surface area contributed by atoms with Crippen molar-refractivity contribution in [1.29, 1.82) is 5.26 Å².